The Bertz CT molecular complexity index is 1080. The highest BCUT2D eigenvalue weighted by Gasteiger charge is 2.37. The van der Waals surface area contributed by atoms with Gasteiger partial charge in [0.2, 0.25) is 5.91 Å². The second-order valence-electron chi connectivity index (χ2n) is 8.04. The molecule has 0 N–H and O–H groups in total. The molecule has 0 spiro atoms. The summed E-state index contributed by atoms with van der Waals surface area (Å²) in [6.07, 6.45) is 8.11. The van der Waals surface area contributed by atoms with Crippen molar-refractivity contribution in [3.8, 4) is 5.69 Å². The summed E-state index contributed by atoms with van der Waals surface area (Å²) in [6.45, 7) is 4.44. The van der Waals surface area contributed by atoms with Crippen LogP contribution in [0.3, 0.4) is 0 Å². The van der Waals surface area contributed by atoms with Gasteiger partial charge in [0.1, 0.15) is 12.6 Å². The van der Waals surface area contributed by atoms with Gasteiger partial charge in [0.05, 0.1) is 12.9 Å². The van der Waals surface area contributed by atoms with E-state index >= 15 is 0 Å². The van der Waals surface area contributed by atoms with Crippen LogP contribution in [-0.2, 0) is 22.7 Å². The summed E-state index contributed by atoms with van der Waals surface area (Å²) in [6, 6.07) is 16.8. The highest BCUT2D eigenvalue weighted by atomic mass is 16.6. The Labute approximate surface area is 187 Å². The zero-order chi connectivity index (χ0) is 22.5. The van der Waals surface area contributed by atoms with Crippen molar-refractivity contribution in [1.82, 2.24) is 19.4 Å². The van der Waals surface area contributed by atoms with Crippen molar-refractivity contribution in [2.45, 2.75) is 33.0 Å². The van der Waals surface area contributed by atoms with Crippen LogP contribution in [0.25, 0.3) is 5.69 Å². The Morgan fingerprint density at radius 1 is 1.03 bits per heavy atom. The second-order valence-corrected chi connectivity index (χ2v) is 8.04. The molecule has 7 heteroatoms. The van der Waals surface area contributed by atoms with Gasteiger partial charge in [0.25, 0.3) is 0 Å². The van der Waals surface area contributed by atoms with Crippen molar-refractivity contribution in [1.29, 1.82) is 0 Å². The second kappa shape index (κ2) is 9.51. The quantitative estimate of drug-likeness (QED) is 0.583. The van der Waals surface area contributed by atoms with Gasteiger partial charge in [-0.3, -0.25) is 9.69 Å². The molecule has 32 heavy (non-hydrogen) atoms. The molecule has 0 saturated carbocycles. The zero-order valence-corrected chi connectivity index (χ0v) is 18.2. The number of hydrogen-bond acceptors (Lipinski definition) is 4. The lowest BCUT2D eigenvalue weighted by Gasteiger charge is -2.37. The largest absolute Gasteiger partial charge is 0.444 e. The average molecular weight is 431 g/mol. The Morgan fingerprint density at radius 3 is 2.44 bits per heavy atom. The summed E-state index contributed by atoms with van der Waals surface area (Å²) >= 11 is 0. The van der Waals surface area contributed by atoms with E-state index in [0.717, 1.165) is 16.8 Å². The van der Waals surface area contributed by atoms with Crippen LogP contribution in [-0.4, -0.2) is 37.4 Å². The fraction of sp³-hybridized carbons (Fsp3) is 0.240. The molecular formula is C25H26N4O3. The fourth-order valence-electron chi connectivity index (χ4n) is 3.69. The molecule has 0 saturated heterocycles. The molecule has 7 nitrogen and oxygen atoms in total. The number of carbonyl (C=O) groups excluding carboxylic acids is 2. The Hall–Kier alpha value is -3.87. The molecule has 2 amide bonds. The summed E-state index contributed by atoms with van der Waals surface area (Å²) in [5, 5.41) is 0. The zero-order valence-electron chi connectivity index (χ0n) is 18.2. The van der Waals surface area contributed by atoms with E-state index in [-0.39, 0.29) is 18.4 Å². The van der Waals surface area contributed by atoms with Crippen molar-refractivity contribution < 1.29 is 14.3 Å². The van der Waals surface area contributed by atoms with Crippen LogP contribution in [0.2, 0.25) is 0 Å². The van der Waals surface area contributed by atoms with E-state index in [9.17, 15) is 9.59 Å². The Balaban J connectivity index is 1.45. The van der Waals surface area contributed by atoms with E-state index in [1.54, 1.807) is 29.8 Å². The van der Waals surface area contributed by atoms with Gasteiger partial charge < -0.3 is 14.2 Å². The van der Waals surface area contributed by atoms with Gasteiger partial charge in [0.15, 0.2) is 0 Å². The monoisotopic (exact) mass is 430 g/mol. The third kappa shape index (κ3) is 4.72. The summed E-state index contributed by atoms with van der Waals surface area (Å²) < 4.78 is 7.38. The number of imidazole rings is 1. The first-order chi connectivity index (χ1) is 15.5. The van der Waals surface area contributed by atoms with Gasteiger partial charge >= 0.3 is 6.09 Å². The highest BCUT2D eigenvalue weighted by molar-refractivity contribution is 5.88. The SMILES string of the molecule is CC(C)[C@H]1C(=O)N(Cc2ccc(-n3ccnc3)cc2)C=CN1C(=O)OCc1ccccc1. The van der Waals surface area contributed by atoms with Gasteiger partial charge in [-0.25, -0.2) is 9.78 Å². The minimum atomic E-state index is -0.617. The lowest BCUT2D eigenvalue weighted by molar-refractivity contribution is -0.136. The summed E-state index contributed by atoms with van der Waals surface area (Å²) in [5.74, 6) is -0.194. The molecule has 0 fully saturated rings. The summed E-state index contributed by atoms with van der Waals surface area (Å²) in [5.41, 5.74) is 2.89. The molecule has 2 heterocycles. The van der Waals surface area contributed by atoms with E-state index in [2.05, 4.69) is 4.98 Å². The van der Waals surface area contributed by atoms with Gasteiger partial charge in [-0.05, 0) is 29.2 Å². The van der Waals surface area contributed by atoms with Crippen LogP contribution in [0, 0.1) is 5.92 Å². The molecule has 3 aromatic rings. The van der Waals surface area contributed by atoms with E-state index in [4.69, 9.17) is 4.74 Å². The molecular weight excluding hydrogens is 404 g/mol. The molecule has 0 bridgehead atoms. The number of benzene rings is 2. The van der Waals surface area contributed by atoms with E-state index in [1.165, 1.54) is 4.90 Å². The smallest absolute Gasteiger partial charge is 0.414 e. The maximum atomic E-state index is 13.2. The molecule has 1 atom stereocenters. The standard InChI is InChI=1S/C25H26N4O3/c1-19(2)23-24(30)27(16-20-8-10-22(11-9-20)28-13-12-26-18-28)14-15-29(23)25(31)32-17-21-6-4-3-5-7-21/h3-15,18-19,23H,16-17H2,1-2H3/t23-/m0/s1. The molecule has 1 aromatic heterocycles. The Kier molecular flexibility index (Phi) is 6.35. The topological polar surface area (TPSA) is 67.7 Å². The first-order valence-corrected chi connectivity index (χ1v) is 10.6. The predicted octanol–water partition coefficient (Wildman–Crippen LogP) is 4.35. The maximum absolute atomic E-state index is 13.2. The molecule has 164 valence electrons. The first kappa shape index (κ1) is 21.4. The third-order valence-electron chi connectivity index (χ3n) is 5.38. The lowest BCUT2D eigenvalue weighted by Crippen LogP contribution is -2.53. The fourth-order valence-corrected chi connectivity index (χ4v) is 3.69. The summed E-state index contributed by atoms with van der Waals surface area (Å²) in [7, 11) is 0. The van der Waals surface area contributed by atoms with Crippen LogP contribution in [0.15, 0.2) is 85.7 Å². The molecule has 4 rings (SSSR count). The maximum Gasteiger partial charge on any atom is 0.414 e. The molecule has 0 unspecified atom stereocenters. The highest BCUT2D eigenvalue weighted by Crippen LogP contribution is 2.23. The summed E-state index contributed by atoms with van der Waals surface area (Å²) in [4.78, 5) is 33.1. The molecule has 1 aliphatic heterocycles. The molecule has 1 aliphatic rings. The van der Waals surface area contributed by atoms with Crippen LogP contribution in [0.5, 0.6) is 0 Å². The predicted molar refractivity (Wildman–Crippen MR) is 120 cm³/mol. The van der Waals surface area contributed by atoms with Crippen LogP contribution in [0.4, 0.5) is 4.79 Å². The molecule has 0 radical (unpaired) electrons. The van der Waals surface area contributed by atoms with Gasteiger partial charge in [0, 0.05) is 30.5 Å². The number of hydrogen-bond donors (Lipinski definition) is 0. The van der Waals surface area contributed by atoms with E-state index in [0.29, 0.717) is 6.54 Å². The van der Waals surface area contributed by atoms with E-state index < -0.39 is 12.1 Å². The van der Waals surface area contributed by atoms with Crippen molar-refractivity contribution in [3.05, 3.63) is 96.8 Å². The van der Waals surface area contributed by atoms with Crippen molar-refractivity contribution in [3.63, 3.8) is 0 Å². The molecule has 2 aromatic carbocycles. The number of amides is 2. The van der Waals surface area contributed by atoms with Gasteiger partial charge in [-0.15, -0.1) is 0 Å². The Morgan fingerprint density at radius 2 is 1.78 bits per heavy atom. The van der Waals surface area contributed by atoms with Crippen molar-refractivity contribution >= 4 is 12.0 Å². The van der Waals surface area contributed by atoms with Gasteiger partial charge in [-0.1, -0.05) is 56.3 Å². The van der Waals surface area contributed by atoms with Gasteiger partial charge in [-0.2, -0.15) is 0 Å². The first-order valence-electron chi connectivity index (χ1n) is 10.6. The number of ether oxygens (including phenoxy) is 1. The van der Waals surface area contributed by atoms with Crippen LogP contribution in [0.1, 0.15) is 25.0 Å². The number of aromatic nitrogens is 2. The minimum absolute atomic E-state index is 0.0668. The van der Waals surface area contributed by atoms with Crippen LogP contribution < -0.4 is 0 Å². The normalized spacial score (nSPS) is 16.0. The number of nitrogens with zero attached hydrogens (tertiary/aromatic N) is 4. The van der Waals surface area contributed by atoms with Crippen molar-refractivity contribution in [2.75, 3.05) is 0 Å². The number of carbonyl (C=O) groups is 2. The van der Waals surface area contributed by atoms with Crippen molar-refractivity contribution in [2.24, 2.45) is 5.92 Å². The third-order valence-corrected chi connectivity index (χ3v) is 5.38. The van der Waals surface area contributed by atoms with E-state index in [1.807, 2.05) is 79.2 Å². The molecule has 0 aliphatic carbocycles. The minimum Gasteiger partial charge on any atom is -0.444 e. The lowest BCUT2D eigenvalue weighted by atomic mass is 10.00. The average Bonchev–Trinajstić information content (AvgIpc) is 3.34. The van der Waals surface area contributed by atoms with Crippen LogP contribution >= 0.6 is 0 Å². The number of rotatable bonds is 6.